The van der Waals surface area contributed by atoms with Gasteiger partial charge in [0.25, 0.3) is 0 Å². The third-order valence-electron chi connectivity index (χ3n) is 1.63. The van der Waals surface area contributed by atoms with Gasteiger partial charge in [-0.05, 0) is 24.6 Å². The number of aryl methyl sites for hydroxylation is 1. The van der Waals surface area contributed by atoms with Crippen molar-refractivity contribution >= 4 is 5.69 Å². The summed E-state index contributed by atoms with van der Waals surface area (Å²) in [5.74, 6) is -1.01. The van der Waals surface area contributed by atoms with Gasteiger partial charge >= 0.3 is 0 Å². The van der Waals surface area contributed by atoms with E-state index in [0.29, 0.717) is 5.56 Å². The van der Waals surface area contributed by atoms with Gasteiger partial charge in [0.1, 0.15) is 0 Å². The number of hydrogen-bond acceptors (Lipinski definition) is 4. The fourth-order valence-electron chi connectivity index (χ4n) is 1.01. The molecule has 0 N–H and O–H groups in total. The molecule has 0 saturated carbocycles. The van der Waals surface area contributed by atoms with E-state index in [0.717, 1.165) is 12.1 Å². The Balaban J connectivity index is 3.23. The molecule has 0 spiro atoms. The van der Waals surface area contributed by atoms with E-state index in [1.165, 1.54) is 6.07 Å². The third kappa shape index (κ3) is 2.16. The second kappa shape index (κ2) is 3.86. The van der Waals surface area contributed by atoms with Crippen LogP contribution in [0.4, 0.5) is 10.1 Å². The number of nitro groups is 2. The van der Waals surface area contributed by atoms with Crippen LogP contribution in [0.2, 0.25) is 0 Å². The molecule has 1 rings (SSSR count). The molecule has 0 aliphatic rings. The van der Waals surface area contributed by atoms with E-state index in [1.54, 1.807) is 6.92 Å². The molecule has 1 aromatic carbocycles. The van der Waals surface area contributed by atoms with Crippen molar-refractivity contribution in [1.82, 2.24) is 0 Å². The highest BCUT2D eigenvalue weighted by Crippen LogP contribution is 2.20. The van der Waals surface area contributed by atoms with E-state index in [4.69, 9.17) is 0 Å². The lowest BCUT2D eigenvalue weighted by Crippen LogP contribution is -2.36. The molecule has 15 heavy (non-hydrogen) atoms. The quantitative estimate of drug-likeness (QED) is 0.560. The highest BCUT2D eigenvalue weighted by Gasteiger charge is 2.33. The van der Waals surface area contributed by atoms with Gasteiger partial charge in [-0.25, -0.2) is 24.6 Å². The highest BCUT2D eigenvalue weighted by atomic mass is 19.1. The summed E-state index contributed by atoms with van der Waals surface area (Å²) in [5, 5.41) is 17.5. The Morgan fingerprint density at radius 3 is 2.20 bits per heavy atom. The second-order valence-electron chi connectivity index (χ2n) is 2.72. The Morgan fingerprint density at radius 1 is 1.27 bits per heavy atom. The molecule has 80 valence electrons. The van der Waals surface area contributed by atoms with E-state index >= 15 is 0 Å². The molecule has 7 nitrogen and oxygen atoms in total. The van der Waals surface area contributed by atoms with Crippen molar-refractivity contribution in [2.24, 2.45) is 0 Å². The molecular formula is C7H6FN3O4. The number of benzene rings is 1. The number of anilines is 1. The average Bonchev–Trinajstić information content (AvgIpc) is 2.08. The van der Waals surface area contributed by atoms with E-state index < -0.39 is 26.7 Å². The van der Waals surface area contributed by atoms with Crippen molar-refractivity contribution in [1.29, 1.82) is 0 Å². The van der Waals surface area contributed by atoms with Crippen molar-refractivity contribution in [3.63, 3.8) is 0 Å². The van der Waals surface area contributed by atoms with Gasteiger partial charge in [-0.1, -0.05) is 6.07 Å². The van der Waals surface area contributed by atoms with Crippen LogP contribution in [-0.2, 0) is 0 Å². The number of hydrazine groups is 2. The van der Waals surface area contributed by atoms with Gasteiger partial charge in [0.2, 0.25) is 20.9 Å². The Morgan fingerprint density at radius 2 is 1.80 bits per heavy atom. The molecule has 0 amide bonds. The van der Waals surface area contributed by atoms with Crippen molar-refractivity contribution in [2.45, 2.75) is 6.92 Å². The minimum Gasteiger partial charge on any atom is -0.230 e. The van der Waals surface area contributed by atoms with E-state index in [2.05, 4.69) is 0 Å². The molecule has 1 aromatic rings. The molecule has 0 fully saturated rings. The topological polar surface area (TPSA) is 89.5 Å². The average molecular weight is 215 g/mol. The minimum absolute atomic E-state index is 0.464. The second-order valence-corrected chi connectivity index (χ2v) is 2.72. The first-order valence-corrected chi connectivity index (χ1v) is 3.78. The molecule has 0 saturated heterocycles. The van der Waals surface area contributed by atoms with Crippen LogP contribution < -0.4 is 5.12 Å². The maximum absolute atomic E-state index is 13.2. The van der Waals surface area contributed by atoms with Crippen LogP contribution in [0.5, 0.6) is 0 Å². The van der Waals surface area contributed by atoms with Crippen LogP contribution in [0.25, 0.3) is 0 Å². The summed E-state index contributed by atoms with van der Waals surface area (Å²) < 4.78 is 13.2. The number of hydrogen-bond donors (Lipinski definition) is 0. The Hall–Kier alpha value is -2.25. The molecule has 8 heteroatoms. The van der Waals surface area contributed by atoms with Crippen molar-refractivity contribution in [3.05, 3.63) is 49.8 Å². The van der Waals surface area contributed by atoms with Gasteiger partial charge < -0.3 is 0 Å². The van der Waals surface area contributed by atoms with Gasteiger partial charge in [-0.2, -0.15) is 0 Å². The van der Waals surface area contributed by atoms with Crippen LogP contribution in [0.1, 0.15) is 5.56 Å². The maximum Gasteiger partial charge on any atom is 0.228 e. The lowest BCUT2D eigenvalue weighted by molar-refractivity contribution is -0.712. The molecule has 0 heterocycles. The number of rotatable bonds is 3. The van der Waals surface area contributed by atoms with Gasteiger partial charge in [-0.3, -0.25) is 0 Å². The Kier molecular flexibility index (Phi) is 2.79. The zero-order valence-corrected chi connectivity index (χ0v) is 7.58. The molecule has 0 radical (unpaired) electrons. The van der Waals surface area contributed by atoms with E-state index in [9.17, 15) is 24.6 Å². The lowest BCUT2D eigenvalue weighted by Gasteiger charge is -2.04. The summed E-state index contributed by atoms with van der Waals surface area (Å²) in [4.78, 5) is 20.6. The first-order chi connectivity index (χ1) is 6.93. The Bertz CT molecular complexity index is 409. The van der Waals surface area contributed by atoms with Gasteiger partial charge in [0.15, 0.2) is 5.82 Å². The summed E-state index contributed by atoms with van der Waals surface area (Å²) in [5.41, 5.74) is -0.182. The van der Waals surface area contributed by atoms with Crippen molar-refractivity contribution in [3.8, 4) is 0 Å². The Labute approximate surface area is 83.0 Å². The summed E-state index contributed by atoms with van der Waals surface area (Å²) in [6.07, 6.45) is 0. The van der Waals surface area contributed by atoms with Crippen molar-refractivity contribution < 1.29 is 14.5 Å². The molecule has 0 bridgehead atoms. The van der Waals surface area contributed by atoms with Crippen LogP contribution >= 0.6 is 0 Å². The molecule has 0 aromatic heterocycles. The molecule has 0 aliphatic carbocycles. The fourth-order valence-corrected chi connectivity index (χ4v) is 1.01. The zero-order valence-electron chi connectivity index (χ0n) is 7.58. The fraction of sp³-hybridized carbons (Fsp3) is 0.143. The first-order valence-electron chi connectivity index (χ1n) is 3.78. The minimum atomic E-state index is -1.30. The summed E-state index contributed by atoms with van der Waals surface area (Å²) in [6.45, 7) is 1.56. The largest absolute Gasteiger partial charge is 0.230 e. The van der Waals surface area contributed by atoms with Crippen molar-refractivity contribution in [2.75, 3.05) is 5.12 Å². The standard InChI is InChI=1S/C7H6FN3O4/c1-5-2-3-7(6(8)4-5)9(10(12)13)11(14)15/h2-4H,1H3. The highest BCUT2D eigenvalue weighted by molar-refractivity contribution is 5.44. The summed E-state index contributed by atoms with van der Waals surface area (Å²) >= 11 is 0. The SMILES string of the molecule is Cc1ccc(N([N+](=O)[O-])[N+](=O)[O-])c(F)c1. The third-order valence-corrected chi connectivity index (χ3v) is 1.63. The van der Waals surface area contributed by atoms with Crippen LogP contribution in [0, 0.1) is 33.0 Å². The smallest absolute Gasteiger partial charge is 0.228 e. The van der Waals surface area contributed by atoms with Gasteiger partial charge in [0, 0.05) is 0 Å². The molecular weight excluding hydrogens is 209 g/mol. The van der Waals surface area contributed by atoms with Crippen LogP contribution in [-0.4, -0.2) is 10.1 Å². The normalized spacial score (nSPS) is 9.73. The number of nitrogens with zero attached hydrogens (tertiary/aromatic N) is 3. The monoisotopic (exact) mass is 215 g/mol. The maximum atomic E-state index is 13.2. The zero-order chi connectivity index (χ0) is 11.6. The molecule has 0 aliphatic heterocycles. The van der Waals surface area contributed by atoms with E-state index in [1.807, 2.05) is 0 Å². The summed E-state index contributed by atoms with van der Waals surface area (Å²) in [6, 6.07) is 3.31. The van der Waals surface area contributed by atoms with Crippen LogP contribution in [0.3, 0.4) is 0 Å². The molecule has 0 atom stereocenters. The molecule has 0 unspecified atom stereocenters. The van der Waals surface area contributed by atoms with Crippen LogP contribution in [0.15, 0.2) is 18.2 Å². The number of halogens is 1. The lowest BCUT2D eigenvalue weighted by atomic mass is 10.2. The van der Waals surface area contributed by atoms with E-state index in [-0.39, 0.29) is 0 Å². The predicted molar refractivity (Wildman–Crippen MR) is 47.6 cm³/mol. The first kappa shape index (κ1) is 10.8. The summed E-state index contributed by atoms with van der Waals surface area (Å²) in [7, 11) is 0. The van der Waals surface area contributed by atoms with Gasteiger partial charge in [0.05, 0.1) is 0 Å². The predicted octanol–water partition coefficient (Wildman–Crippen LogP) is 1.32. The van der Waals surface area contributed by atoms with Gasteiger partial charge in [-0.15, -0.1) is 0 Å².